The minimum absolute atomic E-state index is 0.626. The predicted molar refractivity (Wildman–Crippen MR) is 68.9 cm³/mol. The number of piperidine rings is 1. The van der Waals surface area contributed by atoms with Crippen LogP contribution in [0.3, 0.4) is 0 Å². The molecule has 0 aliphatic carbocycles. The van der Waals surface area contributed by atoms with E-state index in [0.29, 0.717) is 6.04 Å². The summed E-state index contributed by atoms with van der Waals surface area (Å²) in [4.78, 5) is 2.56. The molecular weight excluding hydrogens is 194 g/mol. The zero-order valence-electron chi connectivity index (χ0n) is 10.2. The summed E-state index contributed by atoms with van der Waals surface area (Å²) in [7, 11) is 0. The van der Waals surface area contributed by atoms with Crippen LogP contribution in [0.25, 0.3) is 0 Å². The summed E-state index contributed by atoms with van der Waals surface area (Å²) >= 11 is 0. The van der Waals surface area contributed by atoms with Crippen molar-refractivity contribution in [1.82, 2.24) is 4.90 Å². The van der Waals surface area contributed by atoms with Crippen molar-refractivity contribution < 1.29 is 0 Å². The minimum Gasteiger partial charge on any atom is -0.292 e. The maximum atomic E-state index is 2.56. The van der Waals surface area contributed by atoms with E-state index in [0.717, 1.165) is 0 Å². The second-order valence-corrected chi connectivity index (χ2v) is 4.63. The summed E-state index contributed by atoms with van der Waals surface area (Å²) in [6.07, 6.45) is 6.49. The fraction of sp³-hybridized carbons (Fsp3) is 0.533. The van der Waals surface area contributed by atoms with Crippen LogP contribution in [0.1, 0.15) is 50.6 Å². The van der Waals surface area contributed by atoms with E-state index >= 15 is 0 Å². The molecule has 1 aromatic rings. The van der Waals surface area contributed by atoms with Crippen LogP contribution in [-0.2, 0) is 0 Å². The van der Waals surface area contributed by atoms with Crippen molar-refractivity contribution in [1.29, 1.82) is 0 Å². The van der Waals surface area contributed by atoms with Gasteiger partial charge in [0.2, 0.25) is 0 Å². The fourth-order valence-electron chi connectivity index (χ4n) is 2.50. The summed E-state index contributed by atoms with van der Waals surface area (Å²) < 4.78 is 0. The summed E-state index contributed by atoms with van der Waals surface area (Å²) in [6.45, 7) is 5.90. The van der Waals surface area contributed by atoms with Crippen LogP contribution in [0.2, 0.25) is 0 Å². The molecular formula is C15H22N. The molecule has 16 heavy (non-hydrogen) atoms. The van der Waals surface area contributed by atoms with Gasteiger partial charge in [-0.3, -0.25) is 4.90 Å². The van der Waals surface area contributed by atoms with E-state index in [1.54, 1.807) is 0 Å². The first kappa shape index (κ1) is 11.7. The minimum atomic E-state index is 0.626. The third kappa shape index (κ3) is 2.85. The van der Waals surface area contributed by atoms with E-state index in [2.05, 4.69) is 48.7 Å². The van der Waals surface area contributed by atoms with Gasteiger partial charge in [0.25, 0.3) is 0 Å². The standard InChI is InChI=1S/C15H22N/c1-2-3-12-16-13-8-7-11-15(16)14-9-5-4-6-10-14/h4-6,9-10,12,15H,2-3,7-8,11,13H2,1H3. The molecule has 1 saturated heterocycles. The Bertz CT molecular complexity index is 294. The summed E-state index contributed by atoms with van der Waals surface area (Å²) in [5.74, 6) is 0. The van der Waals surface area contributed by atoms with Crippen molar-refractivity contribution in [2.75, 3.05) is 6.54 Å². The third-order valence-corrected chi connectivity index (χ3v) is 3.38. The van der Waals surface area contributed by atoms with E-state index in [1.165, 1.54) is 44.2 Å². The van der Waals surface area contributed by atoms with Gasteiger partial charge in [0.1, 0.15) is 0 Å². The number of unbranched alkanes of at least 4 members (excludes halogenated alkanes) is 1. The number of likely N-dealkylation sites (tertiary alicyclic amines) is 1. The van der Waals surface area contributed by atoms with E-state index in [4.69, 9.17) is 0 Å². The summed E-state index contributed by atoms with van der Waals surface area (Å²) in [6, 6.07) is 11.6. The van der Waals surface area contributed by atoms with Crippen LogP contribution < -0.4 is 0 Å². The van der Waals surface area contributed by atoms with Gasteiger partial charge in [0.05, 0.1) is 0 Å². The lowest BCUT2D eigenvalue weighted by atomic mass is 9.95. The van der Waals surface area contributed by atoms with E-state index < -0.39 is 0 Å². The topological polar surface area (TPSA) is 3.24 Å². The van der Waals surface area contributed by atoms with E-state index in [1.807, 2.05) is 0 Å². The Labute approximate surface area is 99.5 Å². The Morgan fingerprint density at radius 2 is 2.06 bits per heavy atom. The number of hydrogen-bond acceptors (Lipinski definition) is 1. The van der Waals surface area contributed by atoms with E-state index in [-0.39, 0.29) is 0 Å². The van der Waals surface area contributed by atoms with Crippen LogP contribution in [0, 0.1) is 6.54 Å². The lowest BCUT2D eigenvalue weighted by molar-refractivity contribution is 0.183. The van der Waals surface area contributed by atoms with Crippen LogP contribution >= 0.6 is 0 Å². The molecule has 0 amide bonds. The van der Waals surface area contributed by atoms with Crippen molar-refractivity contribution in [3.63, 3.8) is 0 Å². The van der Waals surface area contributed by atoms with Crippen molar-refractivity contribution in [2.24, 2.45) is 0 Å². The quantitative estimate of drug-likeness (QED) is 0.730. The molecule has 1 nitrogen and oxygen atoms in total. The predicted octanol–water partition coefficient (Wildman–Crippen LogP) is 4.18. The Morgan fingerprint density at radius 3 is 2.81 bits per heavy atom. The third-order valence-electron chi connectivity index (χ3n) is 3.38. The number of hydrogen-bond donors (Lipinski definition) is 0. The molecule has 1 aliphatic rings. The molecule has 0 spiro atoms. The molecule has 1 heterocycles. The average molecular weight is 216 g/mol. The molecule has 0 saturated carbocycles. The maximum absolute atomic E-state index is 2.56. The first-order chi connectivity index (χ1) is 7.92. The lowest BCUT2D eigenvalue weighted by Gasteiger charge is -2.35. The fourth-order valence-corrected chi connectivity index (χ4v) is 2.50. The molecule has 1 aliphatic heterocycles. The highest BCUT2D eigenvalue weighted by atomic mass is 15.2. The van der Waals surface area contributed by atoms with Crippen LogP contribution in [-0.4, -0.2) is 11.4 Å². The zero-order valence-corrected chi connectivity index (χ0v) is 10.2. The van der Waals surface area contributed by atoms with Gasteiger partial charge in [-0.15, -0.1) is 0 Å². The molecule has 1 radical (unpaired) electrons. The monoisotopic (exact) mass is 216 g/mol. The Kier molecular flexibility index (Phi) is 4.41. The summed E-state index contributed by atoms with van der Waals surface area (Å²) in [5.41, 5.74) is 1.48. The molecule has 1 unspecified atom stereocenters. The Hall–Kier alpha value is -0.820. The van der Waals surface area contributed by atoms with Crippen molar-refractivity contribution in [2.45, 2.75) is 45.1 Å². The van der Waals surface area contributed by atoms with Crippen molar-refractivity contribution >= 4 is 0 Å². The zero-order chi connectivity index (χ0) is 11.2. The molecule has 1 aromatic carbocycles. The molecule has 0 N–H and O–H groups in total. The Morgan fingerprint density at radius 1 is 1.25 bits per heavy atom. The van der Waals surface area contributed by atoms with Gasteiger partial charge in [0, 0.05) is 12.6 Å². The van der Waals surface area contributed by atoms with E-state index in [9.17, 15) is 0 Å². The molecule has 0 aromatic heterocycles. The van der Waals surface area contributed by atoms with Gasteiger partial charge in [-0.25, -0.2) is 0 Å². The van der Waals surface area contributed by atoms with Crippen molar-refractivity contribution in [3.05, 3.63) is 42.4 Å². The van der Waals surface area contributed by atoms with Gasteiger partial charge in [-0.05, 0) is 31.4 Å². The highest BCUT2D eigenvalue weighted by Crippen LogP contribution is 2.31. The molecule has 2 rings (SSSR count). The highest BCUT2D eigenvalue weighted by Gasteiger charge is 2.22. The average Bonchev–Trinajstić information content (AvgIpc) is 2.38. The normalized spacial score (nSPS) is 22.2. The maximum Gasteiger partial charge on any atom is 0.0351 e. The van der Waals surface area contributed by atoms with Gasteiger partial charge in [0.15, 0.2) is 0 Å². The first-order valence-electron chi connectivity index (χ1n) is 6.56. The van der Waals surface area contributed by atoms with Gasteiger partial charge in [-0.1, -0.05) is 50.1 Å². The van der Waals surface area contributed by atoms with Crippen molar-refractivity contribution in [3.8, 4) is 0 Å². The van der Waals surface area contributed by atoms with Crippen LogP contribution in [0.15, 0.2) is 30.3 Å². The molecule has 87 valence electrons. The second kappa shape index (κ2) is 6.05. The molecule has 1 atom stereocenters. The van der Waals surface area contributed by atoms with Crippen LogP contribution in [0.4, 0.5) is 0 Å². The van der Waals surface area contributed by atoms with Crippen LogP contribution in [0.5, 0.6) is 0 Å². The summed E-state index contributed by atoms with van der Waals surface area (Å²) in [5, 5.41) is 0. The number of benzene rings is 1. The number of nitrogens with zero attached hydrogens (tertiary/aromatic N) is 1. The second-order valence-electron chi connectivity index (χ2n) is 4.63. The molecule has 1 heteroatoms. The SMILES string of the molecule is CCC[CH]N1CCCCC1c1ccccc1. The van der Waals surface area contributed by atoms with Gasteiger partial charge < -0.3 is 0 Å². The highest BCUT2D eigenvalue weighted by molar-refractivity contribution is 5.19. The first-order valence-corrected chi connectivity index (χ1v) is 6.56. The largest absolute Gasteiger partial charge is 0.292 e. The van der Waals surface area contributed by atoms with Gasteiger partial charge in [-0.2, -0.15) is 0 Å². The van der Waals surface area contributed by atoms with Gasteiger partial charge >= 0.3 is 0 Å². The molecule has 0 bridgehead atoms. The smallest absolute Gasteiger partial charge is 0.0351 e. The Balaban J connectivity index is 2.04. The molecule has 1 fully saturated rings. The number of rotatable bonds is 4. The lowest BCUT2D eigenvalue weighted by Crippen LogP contribution is -2.31.